The van der Waals surface area contributed by atoms with Gasteiger partial charge in [0.05, 0.1) is 5.92 Å². The normalized spacial score (nSPS) is 20.1. The number of alkyl halides is 3. The lowest BCUT2D eigenvalue weighted by Gasteiger charge is -2.35. The van der Waals surface area contributed by atoms with Gasteiger partial charge in [-0.15, -0.1) is 0 Å². The Morgan fingerprint density at radius 1 is 1.30 bits per heavy atom. The molecule has 1 saturated heterocycles. The van der Waals surface area contributed by atoms with Crippen LogP contribution in [0.15, 0.2) is 0 Å². The molecule has 3 N–H and O–H groups in total. The molecular formula is C12H18F3N5. The van der Waals surface area contributed by atoms with Gasteiger partial charge in [-0.3, -0.25) is 0 Å². The first-order valence-corrected chi connectivity index (χ1v) is 6.46. The van der Waals surface area contributed by atoms with Gasteiger partial charge in [0.1, 0.15) is 17.5 Å². The third kappa shape index (κ3) is 2.95. The highest BCUT2D eigenvalue weighted by atomic mass is 19.4. The molecule has 1 unspecified atom stereocenters. The van der Waals surface area contributed by atoms with Crippen molar-refractivity contribution in [3.63, 3.8) is 0 Å². The predicted octanol–water partition coefficient (Wildman–Crippen LogP) is 2.16. The second-order valence-electron chi connectivity index (χ2n) is 5.04. The summed E-state index contributed by atoms with van der Waals surface area (Å²) in [5.74, 6) is 5.52. The average Bonchev–Trinajstić information content (AvgIpc) is 2.40. The molecule has 0 aromatic carbocycles. The third-order valence-corrected chi connectivity index (χ3v) is 3.55. The zero-order valence-electron chi connectivity index (χ0n) is 11.5. The van der Waals surface area contributed by atoms with Crippen LogP contribution in [0, 0.1) is 19.8 Å². The Labute approximate surface area is 115 Å². The molecule has 2 rings (SSSR count). The number of aromatic nitrogens is 2. The number of nitrogens with zero attached hydrogens (tertiary/aromatic N) is 3. The summed E-state index contributed by atoms with van der Waals surface area (Å²) < 4.78 is 38.6. The maximum absolute atomic E-state index is 12.9. The van der Waals surface area contributed by atoms with Crippen LogP contribution in [0.4, 0.5) is 24.8 Å². The van der Waals surface area contributed by atoms with E-state index < -0.39 is 12.1 Å². The molecule has 1 aromatic heterocycles. The van der Waals surface area contributed by atoms with E-state index in [4.69, 9.17) is 5.84 Å². The van der Waals surface area contributed by atoms with Crippen molar-refractivity contribution in [1.29, 1.82) is 0 Å². The molecule has 0 saturated carbocycles. The van der Waals surface area contributed by atoms with Gasteiger partial charge in [0.15, 0.2) is 0 Å². The lowest BCUT2D eigenvalue weighted by Crippen LogP contribution is -2.42. The van der Waals surface area contributed by atoms with Crippen LogP contribution in [0.1, 0.15) is 24.2 Å². The second-order valence-corrected chi connectivity index (χ2v) is 5.04. The molecule has 1 atom stereocenters. The number of aryl methyl sites for hydroxylation is 1. The summed E-state index contributed by atoms with van der Waals surface area (Å²) in [4.78, 5) is 10.1. The average molecular weight is 289 g/mol. The second kappa shape index (κ2) is 5.43. The lowest BCUT2D eigenvalue weighted by molar-refractivity contribution is -0.176. The molecular weight excluding hydrogens is 271 g/mol. The van der Waals surface area contributed by atoms with E-state index in [2.05, 4.69) is 15.4 Å². The van der Waals surface area contributed by atoms with Gasteiger partial charge < -0.3 is 10.3 Å². The quantitative estimate of drug-likeness (QED) is 0.645. The summed E-state index contributed by atoms with van der Waals surface area (Å²) in [6.45, 7) is 3.94. The zero-order valence-corrected chi connectivity index (χ0v) is 11.5. The van der Waals surface area contributed by atoms with Crippen molar-refractivity contribution < 1.29 is 13.2 Å². The van der Waals surface area contributed by atoms with Crippen molar-refractivity contribution in [3.8, 4) is 0 Å². The van der Waals surface area contributed by atoms with E-state index in [0.29, 0.717) is 36.0 Å². The summed E-state index contributed by atoms with van der Waals surface area (Å²) in [5.41, 5.74) is 3.12. The number of rotatable bonds is 2. The van der Waals surface area contributed by atoms with E-state index in [1.165, 1.54) is 0 Å². The van der Waals surface area contributed by atoms with Crippen LogP contribution in [0.3, 0.4) is 0 Å². The standard InChI is InChI=1S/C12H18F3N5/c1-7-10(19-16)17-8(2)18-11(7)20-5-3-4-9(6-20)12(13,14)15/h9H,3-6,16H2,1-2H3,(H,17,18,19). The molecule has 0 aliphatic carbocycles. The van der Waals surface area contributed by atoms with Gasteiger partial charge in [0, 0.05) is 18.7 Å². The fourth-order valence-electron chi connectivity index (χ4n) is 2.50. The van der Waals surface area contributed by atoms with E-state index in [0.717, 1.165) is 0 Å². The highest BCUT2D eigenvalue weighted by Gasteiger charge is 2.42. The molecule has 112 valence electrons. The molecule has 20 heavy (non-hydrogen) atoms. The number of hydrogen-bond acceptors (Lipinski definition) is 5. The highest BCUT2D eigenvalue weighted by Crippen LogP contribution is 2.35. The Morgan fingerprint density at radius 2 is 2.00 bits per heavy atom. The molecule has 0 radical (unpaired) electrons. The molecule has 1 fully saturated rings. The molecule has 8 heteroatoms. The first kappa shape index (κ1) is 14.8. The summed E-state index contributed by atoms with van der Waals surface area (Å²) in [6.07, 6.45) is -3.49. The third-order valence-electron chi connectivity index (χ3n) is 3.55. The van der Waals surface area contributed by atoms with Crippen molar-refractivity contribution in [2.24, 2.45) is 11.8 Å². The summed E-state index contributed by atoms with van der Waals surface area (Å²) in [6, 6.07) is 0. The van der Waals surface area contributed by atoms with Crippen molar-refractivity contribution in [3.05, 3.63) is 11.4 Å². The Morgan fingerprint density at radius 3 is 2.60 bits per heavy atom. The maximum atomic E-state index is 12.9. The summed E-state index contributed by atoms with van der Waals surface area (Å²) >= 11 is 0. The van der Waals surface area contributed by atoms with Gasteiger partial charge in [-0.05, 0) is 26.7 Å². The van der Waals surface area contributed by atoms with E-state index in [1.54, 1.807) is 18.7 Å². The first-order chi connectivity index (χ1) is 9.32. The Kier molecular flexibility index (Phi) is 4.03. The van der Waals surface area contributed by atoms with E-state index in [9.17, 15) is 13.2 Å². The van der Waals surface area contributed by atoms with Crippen LogP contribution in [-0.4, -0.2) is 29.2 Å². The van der Waals surface area contributed by atoms with Crippen LogP contribution in [0.2, 0.25) is 0 Å². The van der Waals surface area contributed by atoms with E-state index in [-0.39, 0.29) is 13.0 Å². The van der Waals surface area contributed by atoms with Crippen molar-refractivity contribution in [2.75, 3.05) is 23.4 Å². The molecule has 1 aliphatic heterocycles. The zero-order chi connectivity index (χ0) is 14.9. The highest BCUT2D eigenvalue weighted by molar-refractivity contribution is 5.58. The minimum absolute atomic E-state index is 0.0647. The monoisotopic (exact) mass is 289 g/mol. The molecule has 2 heterocycles. The van der Waals surface area contributed by atoms with Gasteiger partial charge in [-0.25, -0.2) is 15.8 Å². The van der Waals surface area contributed by atoms with Crippen molar-refractivity contribution in [1.82, 2.24) is 9.97 Å². The van der Waals surface area contributed by atoms with Crippen molar-refractivity contribution in [2.45, 2.75) is 32.9 Å². The molecule has 1 aromatic rings. The van der Waals surface area contributed by atoms with Crippen molar-refractivity contribution >= 4 is 11.6 Å². The van der Waals surface area contributed by atoms with Crippen LogP contribution in [0.5, 0.6) is 0 Å². The van der Waals surface area contributed by atoms with Crippen LogP contribution < -0.4 is 16.2 Å². The molecule has 5 nitrogen and oxygen atoms in total. The van der Waals surface area contributed by atoms with Gasteiger partial charge in [-0.1, -0.05) is 0 Å². The summed E-state index contributed by atoms with van der Waals surface area (Å²) in [7, 11) is 0. The molecule has 0 spiro atoms. The number of anilines is 2. The fourth-order valence-corrected chi connectivity index (χ4v) is 2.50. The summed E-state index contributed by atoms with van der Waals surface area (Å²) in [5, 5.41) is 0. The molecule has 0 amide bonds. The SMILES string of the molecule is Cc1nc(NN)c(C)c(N2CCCC(C(F)(F)F)C2)n1. The first-order valence-electron chi connectivity index (χ1n) is 6.46. The topological polar surface area (TPSA) is 67.1 Å². The number of piperidine rings is 1. The maximum Gasteiger partial charge on any atom is 0.393 e. The van der Waals surface area contributed by atoms with Gasteiger partial charge in [0.2, 0.25) is 0 Å². The number of hydrogen-bond donors (Lipinski definition) is 2. The largest absolute Gasteiger partial charge is 0.393 e. The van der Waals surface area contributed by atoms with Crippen LogP contribution in [0.25, 0.3) is 0 Å². The van der Waals surface area contributed by atoms with Gasteiger partial charge in [0.25, 0.3) is 0 Å². The Balaban J connectivity index is 2.29. The smallest absolute Gasteiger partial charge is 0.356 e. The molecule has 1 aliphatic rings. The number of hydrazine groups is 1. The predicted molar refractivity (Wildman–Crippen MR) is 70.3 cm³/mol. The van der Waals surface area contributed by atoms with E-state index in [1.807, 2.05) is 0 Å². The Hall–Kier alpha value is -1.57. The minimum Gasteiger partial charge on any atom is -0.356 e. The number of nitrogen functional groups attached to an aromatic ring is 1. The van der Waals surface area contributed by atoms with Crippen LogP contribution >= 0.6 is 0 Å². The van der Waals surface area contributed by atoms with Crippen LogP contribution in [-0.2, 0) is 0 Å². The number of nitrogens with one attached hydrogen (secondary N) is 1. The van der Waals surface area contributed by atoms with E-state index >= 15 is 0 Å². The Bertz CT molecular complexity index is 489. The lowest BCUT2D eigenvalue weighted by atomic mass is 9.97. The van der Waals surface area contributed by atoms with Gasteiger partial charge in [-0.2, -0.15) is 13.2 Å². The number of halogens is 3. The fraction of sp³-hybridized carbons (Fsp3) is 0.667. The van der Waals surface area contributed by atoms with Gasteiger partial charge >= 0.3 is 6.18 Å². The minimum atomic E-state index is -4.16. The molecule has 0 bridgehead atoms. The number of nitrogens with two attached hydrogens (primary N) is 1.